The monoisotopic (exact) mass is 518 g/mol. The van der Waals surface area contributed by atoms with Crippen molar-refractivity contribution in [3.8, 4) is 11.5 Å². The predicted molar refractivity (Wildman–Crippen MR) is 137 cm³/mol. The molecule has 2 aliphatic rings. The molecule has 1 fully saturated rings. The van der Waals surface area contributed by atoms with Crippen LogP contribution >= 0.6 is 0 Å². The third-order valence-corrected chi connectivity index (χ3v) is 6.87. The van der Waals surface area contributed by atoms with Gasteiger partial charge in [-0.1, -0.05) is 13.8 Å². The molecule has 0 spiro atoms. The first kappa shape index (κ1) is 28.2. The highest BCUT2D eigenvalue weighted by Gasteiger charge is 2.41. The number of carbonyl (C=O) groups excluding carboxylic acids is 4. The van der Waals surface area contributed by atoms with Gasteiger partial charge >= 0.3 is 0 Å². The predicted octanol–water partition coefficient (Wildman–Crippen LogP) is 1.07. The zero-order chi connectivity index (χ0) is 27.3. The normalized spacial score (nSPS) is 19.6. The van der Waals surface area contributed by atoms with Gasteiger partial charge in [0.25, 0.3) is 5.91 Å². The Morgan fingerprint density at radius 1 is 1.16 bits per heavy atom. The molecule has 0 aliphatic carbocycles. The fourth-order valence-electron chi connectivity index (χ4n) is 4.58. The van der Waals surface area contributed by atoms with Crippen LogP contribution in [0.5, 0.6) is 11.5 Å². The van der Waals surface area contributed by atoms with E-state index in [9.17, 15) is 24.3 Å². The van der Waals surface area contributed by atoms with Gasteiger partial charge in [-0.3, -0.25) is 19.2 Å². The van der Waals surface area contributed by atoms with E-state index in [1.165, 1.54) is 7.11 Å². The number of hydrogen-bond acceptors (Lipinski definition) is 8. The van der Waals surface area contributed by atoms with Crippen molar-refractivity contribution >= 4 is 29.2 Å². The van der Waals surface area contributed by atoms with Gasteiger partial charge in [-0.15, -0.1) is 0 Å². The molecule has 2 aliphatic heterocycles. The summed E-state index contributed by atoms with van der Waals surface area (Å²) in [6, 6.07) is 2.20. The van der Waals surface area contributed by atoms with Crippen molar-refractivity contribution in [3.63, 3.8) is 0 Å². The minimum atomic E-state index is -0.851. The zero-order valence-electron chi connectivity index (χ0n) is 22.2. The first-order valence-electron chi connectivity index (χ1n) is 12.7. The molecule has 204 valence electrons. The van der Waals surface area contributed by atoms with Crippen LogP contribution in [0.25, 0.3) is 0 Å². The number of ether oxygens (including phenoxy) is 2. The van der Waals surface area contributed by atoms with Gasteiger partial charge in [0.15, 0.2) is 11.5 Å². The van der Waals surface area contributed by atoms with Crippen LogP contribution in [0.4, 0.5) is 5.69 Å². The lowest BCUT2D eigenvalue weighted by molar-refractivity contribution is -0.129. The SMILES string of the molecule is COc1cc2c(cc1OCCC(=O)NC(C)C(=O)NCCC(=O)C(C)C)N(C)C(O)C1CCCN1C2=O. The molecule has 3 unspecified atom stereocenters. The van der Waals surface area contributed by atoms with Crippen LogP contribution in [0.3, 0.4) is 0 Å². The van der Waals surface area contributed by atoms with Crippen LogP contribution in [0.1, 0.15) is 56.8 Å². The summed E-state index contributed by atoms with van der Waals surface area (Å²) < 4.78 is 11.3. The van der Waals surface area contributed by atoms with Crippen LogP contribution in [-0.2, 0) is 14.4 Å². The van der Waals surface area contributed by atoms with Crippen molar-refractivity contribution < 1.29 is 33.8 Å². The maximum Gasteiger partial charge on any atom is 0.256 e. The first-order valence-corrected chi connectivity index (χ1v) is 12.7. The second kappa shape index (κ2) is 12.3. The number of methoxy groups -OCH3 is 1. The summed E-state index contributed by atoms with van der Waals surface area (Å²) in [5, 5.41) is 16.1. The Bertz CT molecular complexity index is 1030. The maximum atomic E-state index is 13.2. The third kappa shape index (κ3) is 6.51. The Morgan fingerprint density at radius 3 is 2.57 bits per heavy atom. The van der Waals surface area contributed by atoms with Crippen molar-refractivity contribution in [1.29, 1.82) is 0 Å². The molecule has 0 aromatic heterocycles. The highest BCUT2D eigenvalue weighted by molar-refractivity contribution is 6.02. The van der Waals surface area contributed by atoms with Gasteiger partial charge in [-0.05, 0) is 25.8 Å². The Morgan fingerprint density at radius 2 is 1.89 bits per heavy atom. The number of fused-ring (bicyclic) bond motifs is 2. The van der Waals surface area contributed by atoms with Crippen molar-refractivity contribution in [2.45, 2.75) is 64.8 Å². The Hall–Kier alpha value is -3.34. The molecule has 0 bridgehead atoms. The summed E-state index contributed by atoms with van der Waals surface area (Å²) in [5.74, 6) is -0.252. The topological polar surface area (TPSA) is 138 Å². The van der Waals surface area contributed by atoms with Gasteiger partial charge in [0.2, 0.25) is 11.8 Å². The Balaban J connectivity index is 1.57. The van der Waals surface area contributed by atoms with Crippen LogP contribution < -0.4 is 25.0 Å². The van der Waals surface area contributed by atoms with Crippen LogP contribution in [0.2, 0.25) is 0 Å². The number of Topliss-reactive ketones (excluding diaryl/α,β-unsaturated/α-hetero) is 1. The zero-order valence-corrected chi connectivity index (χ0v) is 22.2. The molecule has 1 saturated heterocycles. The lowest BCUT2D eigenvalue weighted by Crippen LogP contribution is -2.47. The van der Waals surface area contributed by atoms with Crippen molar-refractivity contribution in [3.05, 3.63) is 17.7 Å². The Labute approximate surface area is 217 Å². The van der Waals surface area contributed by atoms with E-state index in [2.05, 4.69) is 10.6 Å². The number of aliphatic hydroxyl groups excluding tert-OH is 1. The summed E-state index contributed by atoms with van der Waals surface area (Å²) in [4.78, 5) is 52.7. The number of nitrogens with zero attached hydrogens (tertiary/aromatic N) is 2. The van der Waals surface area contributed by atoms with E-state index in [0.29, 0.717) is 29.3 Å². The van der Waals surface area contributed by atoms with Crippen molar-refractivity contribution in [1.82, 2.24) is 15.5 Å². The molecule has 3 rings (SSSR count). The van der Waals surface area contributed by atoms with Crippen molar-refractivity contribution in [2.75, 3.05) is 38.8 Å². The molecule has 0 saturated carbocycles. The molecule has 0 radical (unpaired) electrons. The number of carbonyl (C=O) groups is 4. The minimum absolute atomic E-state index is 0.00712. The molecular formula is C26H38N4O7. The number of benzene rings is 1. The molecule has 11 nitrogen and oxygen atoms in total. The van der Waals surface area contributed by atoms with E-state index < -0.39 is 12.3 Å². The average Bonchev–Trinajstić information content (AvgIpc) is 3.34. The number of ketones is 1. The van der Waals surface area contributed by atoms with E-state index >= 15 is 0 Å². The standard InChI is InChI=1S/C26H38N4O7/c1-15(2)20(31)8-10-27-24(33)16(3)28-23(32)9-12-37-22-14-19-17(13-21(22)36-5)25(34)30-11-6-7-18(30)26(35)29(19)4/h13-16,18,26,35H,6-12H2,1-5H3,(H,27,33)(H,28,32). The number of amides is 3. The first-order chi connectivity index (χ1) is 17.5. The second-order valence-electron chi connectivity index (χ2n) is 9.80. The van der Waals surface area contributed by atoms with E-state index in [-0.39, 0.29) is 61.5 Å². The van der Waals surface area contributed by atoms with Gasteiger partial charge in [0.1, 0.15) is 18.1 Å². The number of aliphatic hydroxyl groups is 1. The molecule has 2 heterocycles. The quantitative estimate of drug-likeness (QED) is 0.396. The molecule has 37 heavy (non-hydrogen) atoms. The lowest BCUT2D eigenvalue weighted by atomic mass is 10.1. The molecule has 1 aromatic carbocycles. The van der Waals surface area contributed by atoms with Gasteiger partial charge in [-0.2, -0.15) is 0 Å². The molecule has 3 amide bonds. The smallest absolute Gasteiger partial charge is 0.256 e. The maximum absolute atomic E-state index is 13.2. The molecule has 1 aromatic rings. The number of hydrogen-bond donors (Lipinski definition) is 3. The summed E-state index contributed by atoms with van der Waals surface area (Å²) >= 11 is 0. The van der Waals surface area contributed by atoms with Crippen LogP contribution in [0.15, 0.2) is 12.1 Å². The van der Waals surface area contributed by atoms with Crippen LogP contribution in [0, 0.1) is 5.92 Å². The second-order valence-corrected chi connectivity index (χ2v) is 9.80. The van der Waals surface area contributed by atoms with Gasteiger partial charge < -0.3 is 35.0 Å². The van der Waals surface area contributed by atoms with E-state index in [4.69, 9.17) is 9.47 Å². The van der Waals surface area contributed by atoms with Gasteiger partial charge in [0, 0.05) is 38.5 Å². The summed E-state index contributed by atoms with van der Waals surface area (Å²) in [6.07, 6.45) is 0.951. The van der Waals surface area contributed by atoms with Gasteiger partial charge in [-0.25, -0.2) is 0 Å². The Kier molecular flexibility index (Phi) is 9.36. The fourth-order valence-corrected chi connectivity index (χ4v) is 4.58. The van der Waals surface area contributed by atoms with Crippen LogP contribution in [-0.4, -0.2) is 85.7 Å². The molecule has 3 N–H and O–H groups in total. The number of likely N-dealkylation sites (N-methyl/N-ethyl adjacent to an activating group) is 1. The highest BCUT2D eigenvalue weighted by Crippen LogP contribution is 2.40. The van der Waals surface area contributed by atoms with E-state index in [1.54, 1.807) is 49.8 Å². The number of nitrogens with one attached hydrogen (secondary N) is 2. The molecular weight excluding hydrogens is 480 g/mol. The molecule has 3 atom stereocenters. The summed E-state index contributed by atoms with van der Waals surface area (Å²) in [6.45, 7) is 6.00. The number of anilines is 1. The van der Waals surface area contributed by atoms with E-state index in [0.717, 1.165) is 12.8 Å². The summed E-state index contributed by atoms with van der Waals surface area (Å²) in [5.41, 5.74) is 0.941. The van der Waals surface area contributed by atoms with E-state index in [1.807, 2.05) is 0 Å². The number of rotatable bonds is 11. The van der Waals surface area contributed by atoms with Crippen molar-refractivity contribution in [2.24, 2.45) is 5.92 Å². The lowest BCUT2D eigenvalue weighted by Gasteiger charge is -2.31. The van der Waals surface area contributed by atoms with Gasteiger partial charge in [0.05, 0.1) is 37.4 Å². The summed E-state index contributed by atoms with van der Waals surface area (Å²) in [7, 11) is 3.20. The average molecular weight is 519 g/mol. The largest absolute Gasteiger partial charge is 0.493 e. The minimum Gasteiger partial charge on any atom is -0.493 e. The highest BCUT2D eigenvalue weighted by atomic mass is 16.5. The third-order valence-electron chi connectivity index (χ3n) is 6.87. The molecule has 11 heteroatoms. The fraction of sp³-hybridized carbons (Fsp3) is 0.615.